The molecule has 0 atom stereocenters. The zero-order chi connectivity index (χ0) is 25.7. The molecule has 1 aromatic heterocycles. The fourth-order valence-corrected chi connectivity index (χ4v) is 4.16. The smallest absolute Gasteiger partial charge is 0.410 e. The van der Waals surface area contributed by atoms with Gasteiger partial charge in [-0.1, -0.05) is 35.9 Å². The molecule has 2 N–H and O–H groups in total. The van der Waals surface area contributed by atoms with Gasteiger partial charge in [0, 0.05) is 37.3 Å². The fraction of sp³-hybridized carbons (Fsp3) is 0.320. The van der Waals surface area contributed by atoms with E-state index in [1.807, 2.05) is 0 Å². The highest BCUT2D eigenvalue weighted by Gasteiger charge is 2.38. The quantitative estimate of drug-likeness (QED) is 0.538. The number of fused-ring (bicyclic) bond motifs is 1. The van der Waals surface area contributed by atoms with Crippen LogP contribution in [0.4, 0.5) is 19.3 Å². The van der Waals surface area contributed by atoms with Crippen molar-refractivity contribution in [2.45, 2.75) is 32.4 Å². The minimum atomic E-state index is -0.897. The number of likely N-dealkylation sites (tertiary alicyclic amines) is 1. The number of anilines is 1. The molecule has 0 aliphatic carbocycles. The van der Waals surface area contributed by atoms with Gasteiger partial charge in [-0.15, -0.1) is 0 Å². The molecule has 10 heteroatoms. The van der Waals surface area contributed by atoms with Crippen molar-refractivity contribution in [2.24, 2.45) is 0 Å². The van der Waals surface area contributed by atoms with Gasteiger partial charge >= 0.3 is 6.09 Å². The second-order valence-corrected chi connectivity index (χ2v) is 9.85. The van der Waals surface area contributed by atoms with Crippen molar-refractivity contribution in [1.29, 1.82) is 0 Å². The third kappa shape index (κ3) is 4.60. The maximum atomic E-state index is 15.4. The highest BCUT2D eigenvalue weighted by molar-refractivity contribution is 6.36. The Labute approximate surface area is 206 Å². The molecule has 0 unspecified atom stereocenters. The van der Waals surface area contributed by atoms with Crippen LogP contribution in [0, 0.1) is 11.6 Å². The van der Waals surface area contributed by atoms with Gasteiger partial charge in [0.25, 0.3) is 5.91 Å². The number of benzene rings is 2. The number of carbonyl (C=O) groups is 2. The number of nitrogens with zero attached hydrogens (tertiary/aromatic N) is 3. The van der Waals surface area contributed by atoms with E-state index in [1.54, 1.807) is 46.0 Å². The number of hydrogen-bond donors (Lipinski definition) is 1. The number of rotatable bonds is 3. The zero-order valence-electron chi connectivity index (χ0n) is 19.7. The molecule has 0 radical (unpaired) electrons. The summed E-state index contributed by atoms with van der Waals surface area (Å²) < 4.78 is 34.8. The van der Waals surface area contributed by atoms with E-state index in [9.17, 15) is 14.0 Å². The molecule has 0 bridgehead atoms. The van der Waals surface area contributed by atoms with Crippen LogP contribution in [-0.2, 0) is 4.74 Å². The minimum absolute atomic E-state index is 0.0952. The van der Waals surface area contributed by atoms with Gasteiger partial charge < -0.3 is 20.3 Å². The third-order valence-electron chi connectivity index (χ3n) is 5.86. The van der Waals surface area contributed by atoms with Crippen molar-refractivity contribution in [3.63, 3.8) is 0 Å². The van der Waals surface area contributed by atoms with Gasteiger partial charge in [-0.3, -0.25) is 9.78 Å². The molecule has 1 fully saturated rings. The monoisotopic (exact) mass is 502 g/mol. The molecule has 2 aromatic carbocycles. The molecule has 3 aromatic rings. The summed E-state index contributed by atoms with van der Waals surface area (Å²) in [6.07, 6.45) is 0.712. The number of halogens is 3. The molecule has 2 heterocycles. The maximum Gasteiger partial charge on any atom is 0.410 e. The van der Waals surface area contributed by atoms with E-state index < -0.39 is 29.2 Å². The summed E-state index contributed by atoms with van der Waals surface area (Å²) in [5.41, 5.74) is 5.04. The van der Waals surface area contributed by atoms with Crippen molar-refractivity contribution in [2.75, 3.05) is 25.9 Å². The Morgan fingerprint density at radius 2 is 1.89 bits per heavy atom. The van der Waals surface area contributed by atoms with E-state index in [4.69, 9.17) is 22.1 Å². The fourth-order valence-electron chi connectivity index (χ4n) is 3.89. The van der Waals surface area contributed by atoms with Crippen molar-refractivity contribution in [1.82, 2.24) is 14.8 Å². The number of carbonyl (C=O) groups excluding carboxylic acids is 2. The average molecular weight is 503 g/mol. The van der Waals surface area contributed by atoms with E-state index in [1.165, 1.54) is 28.1 Å². The Morgan fingerprint density at radius 1 is 1.20 bits per heavy atom. The normalized spacial score (nSPS) is 14.1. The number of amides is 2. The first-order chi connectivity index (χ1) is 16.4. The number of aromatic nitrogens is 1. The van der Waals surface area contributed by atoms with Crippen molar-refractivity contribution >= 4 is 40.1 Å². The summed E-state index contributed by atoms with van der Waals surface area (Å²) in [7, 11) is 1.60. The summed E-state index contributed by atoms with van der Waals surface area (Å²) in [4.78, 5) is 32.2. The van der Waals surface area contributed by atoms with Crippen LogP contribution in [0.25, 0.3) is 22.0 Å². The Balaban J connectivity index is 1.56. The topological polar surface area (TPSA) is 88.8 Å². The van der Waals surface area contributed by atoms with Crippen LogP contribution in [0.3, 0.4) is 0 Å². The molecular weight excluding hydrogens is 478 g/mol. The number of ether oxygens (including phenoxy) is 1. The van der Waals surface area contributed by atoms with Crippen LogP contribution in [-0.4, -0.2) is 58.6 Å². The molecule has 2 amide bonds. The molecule has 0 spiro atoms. The first-order valence-electron chi connectivity index (χ1n) is 10.9. The van der Waals surface area contributed by atoms with Crippen LogP contribution in [0.1, 0.15) is 31.1 Å². The van der Waals surface area contributed by atoms with Gasteiger partial charge in [0.15, 0.2) is 5.82 Å². The minimum Gasteiger partial charge on any atom is -0.444 e. The van der Waals surface area contributed by atoms with Crippen molar-refractivity contribution < 1.29 is 23.1 Å². The van der Waals surface area contributed by atoms with Crippen molar-refractivity contribution in [3.05, 3.63) is 58.7 Å². The van der Waals surface area contributed by atoms with E-state index in [0.717, 1.165) is 0 Å². The average Bonchev–Trinajstić information content (AvgIpc) is 2.75. The molecule has 4 rings (SSSR count). The lowest BCUT2D eigenvalue weighted by molar-refractivity contribution is -0.00206. The molecule has 0 saturated carbocycles. The lowest BCUT2D eigenvalue weighted by atomic mass is 9.99. The zero-order valence-corrected chi connectivity index (χ0v) is 20.5. The largest absolute Gasteiger partial charge is 0.444 e. The summed E-state index contributed by atoms with van der Waals surface area (Å²) in [5.74, 6) is -2.04. The van der Waals surface area contributed by atoms with Crippen LogP contribution >= 0.6 is 11.6 Å². The van der Waals surface area contributed by atoms with Crippen molar-refractivity contribution in [3.8, 4) is 11.3 Å². The lowest BCUT2D eigenvalue weighted by Gasteiger charge is -2.44. The van der Waals surface area contributed by atoms with Crippen LogP contribution in [0.15, 0.2) is 36.5 Å². The number of nitrogen functional groups attached to an aromatic ring is 1. The SMILES string of the molecule is CN(C(=O)OC(C)(C)C)C1CN(C(=O)c2cnc(-c3cccc4ccc(F)c(Cl)c34)c(F)c2N)C1. The van der Waals surface area contributed by atoms with Gasteiger partial charge in [0.1, 0.15) is 17.1 Å². The highest BCUT2D eigenvalue weighted by atomic mass is 35.5. The van der Waals surface area contributed by atoms with E-state index >= 15 is 4.39 Å². The second kappa shape index (κ2) is 8.96. The van der Waals surface area contributed by atoms with E-state index in [-0.39, 0.29) is 46.7 Å². The molecule has 1 aliphatic rings. The third-order valence-corrected chi connectivity index (χ3v) is 6.23. The first-order valence-corrected chi connectivity index (χ1v) is 11.3. The summed E-state index contributed by atoms with van der Waals surface area (Å²) in [6.45, 7) is 5.80. The first kappa shape index (κ1) is 24.7. The van der Waals surface area contributed by atoms with Crippen LogP contribution in [0.5, 0.6) is 0 Å². The maximum absolute atomic E-state index is 15.4. The molecule has 1 aliphatic heterocycles. The van der Waals surface area contributed by atoms with Gasteiger partial charge in [0.05, 0.1) is 22.3 Å². The molecular formula is C25H25ClF2N4O3. The summed E-state index contributed by atoms with van der Waals surface area (Å²) >= 11 is 6.17. The standard InChI is InChI=1S/C25H25ClF2N4O3/c1-25(2,3)35-24(34)31(4)14-11-32(12-14)23(33)16-10-30-22(20(28)21(16)29)15-7-5-6-13-8-9-17(27)19(26)18(13)15/h5-10,14H,11-12H2,1-4H3,(H2,29,30). The number of nitrogens with two attached hydrogens (primary N) is 1. The van der Waals surface area contributed by atoms with Gasteiger partial charge in [-0.25, -0.2) is 13.6 Å². The molecule has 35 heavy (non-hydrogen) atoms. The predicted molar refractivity (Wildman–Crippen MR) is 130 cm³/mol. The number of pyridine rings is 1. The van der Waals surface area contributed by atoms with Gasteiger partial charge in [-0.05, 0) is 32.2 Å². The molecule has 184 valence electrons. The Hall–Kier alpha value is -3.46. The Bertz CT molecular complexity index is 1340. The lowest BCUT2D eigenvalue weighted by Crippen LogP contribution is -2.61. The van der Waals surface area contributed by atoms with Crippen LogP contribution < -0.4 is 5.73 Å². The molecule has 1 saturated heterocycles. The number of hydrogen-bond acceptors (Lipinski definition) is 5. The van der Waals surface area contributed by atoms with E-state index in [2.05, 4.69) is 4.98 Å². The number of likely N-dealkylation sites (N-methyl/N-ethyl adjacent to an activating group) is 1. The Morgan fingerprint density at radius 3 is 2.54 bits per heavy atom. The molecule has 7 nitrogen and oxygen atoms in total. The predicted octanol–water partition coefficient (Wildman–Crippen LogP) is 5.11. The second-order valence-electron chi connectivity index (χ2n) is 9.47. The van der Waals surface area contributed by atoms with Gasteiger partial charge in [-0.2, -0.15) is 0 Å². The highest BCUT2D eigenvalue weighted by Crippen LogP contribution is 2.37. The van der Waals surface area contributed by atoms with Gasteiger partial charge in [0.2, 0.25) is 0 Å². The summed E-state index contributed by atoms with van der Waals surface area (Å²) in [6, 6.07) is 7.48. The Kier molecular flexibility index (Phi) is 6.31. The summed E-state index contributed by atoms with van der Waals surface area (Å²) in [5, 5.41) is 0.753. The van der Waals surface area contributed by atoms with E-state index in [0.29, 0.717) is 10.8 Å². The van der Waals surface area contributed by atoms with Crippen LogP contribution in [0.2, 0.25) is 5.02 Å².